The van der Waals surface area contributed by atoms with Crippen molar-refractivity contribution in [3.63, 3.8) is 0 Å². The first kappa shape index (κ1) is 14.7. The second-order valence-corrected chi connectivity index (χ2v) is 3.98. The zero-order valence-corrected chi connectivity index (χ0v) is 10.7. The molecule has 1 aromatic rings. The summed E-state index contributed by atoms with van der Waals surface area (Å²) < 4.78 is 9.81. The molecule has 0 spiro atoms. The summed E-state index contributed by atoms with van der Waals surface area (Å²) in [7, 11) is 1.38. The van der Waals surface area contributed by atoms with E-state index in [0.29, 0.717) is 18.8 Å². The van der Waals surface area contributed by atoms with Gasteiger partial charge in [0.2, 0.25) is 0 Å². The number of methoxy groups -OCH3 is 1. The number of carbonyl (C=O) groups is 1. The highest BCUT2D eigenvalue weighted by Crippen LogP contribution is 2.09. The van der Waals surface area contributed by atoms with Crippen molar-refractivity contribution in [2.24, 2.45) is 0 Å². The van der Waals surface area contributed by atoms with Crippen LogP contribution in [0.25, 0.3) is 0 Å². The van der Waals surface area contributed by atoms with Gasteiger partial charge >= 0.3 is 5.97 Å². The van der Waals surface area contributed by atoms with E-state index in [1.165, 1.54) is 12.7 Å². The topological polar surface area (TPSA) is 55.8 Å². The predicted octanol–water partition coefficient (Wildman–Crippen LogP) is 1.80. The highest BCUT2D eigenvalue weighted by Gasteiger charge is 2.03. The van der Waals surface area contributed by atoms with Crippen LogP contribution >= 0.6 is 0 Å². The molecule has 0 atom stereocenters. The van der Waals surface area contributed by atoms with E-state index < -0.39 is 0 Å². The molecule has 0 amide bonds. The third-order valence-corrected chi connectivity index (χ3v) is 2.61. The number of hydrogen-bond donors (Lipinski definition) is 1. The van der Waals surface area contributed by atoms with E-state index in [2.05, 4.69) is 4.74 Å². The van der Waals surface area contributed by atoms with Crippen LogP contribution in [-0.4, -0.2) is 38.0 Å². The Kier molecular flexibility index (Phi) is 7.06. The number of esters is 1. The van der Waals surface area contributed by atoms with Crippen LogP contribution in [0.15, 0.2) is 24.3 Å². The van der Waals surface area contributed by atoms with Gasteiger partial charge in [-0.15, -0.1) is 0 Å². The smallest absolute Gasteiger partial charge is 0.337 e. The van der Waals surface area contributed by atoms with E-state index in [1.54, 1.807) is 12.1 Å². The Balaban J connectivity index is 2.25. The molecule has 0 fully saturated rings. The van der Waals surface area contributed by atoms with E-state index in [-0.39, 0.29) is 12.6 Å². The first-order chi connectivity index (χ1) is 8.77. The Morgan fingerprint density at radius 3 is 2.50 bits per heavy atom. The number of unbranched alkanes of at least 4 members (excludes halogenated alkanes) is 1. The average molecular weight is 252 g/mol. The highest BCUT2D eigenvalue weighted by molar-refractivity contribution is 5.89. The maximum absolute atomic E-state index is 11.2. The summed E-state index contributed by atoms with van der Waals surface area (Å²) in [4.78, 5) is 11.2. The predicted molar refractivity (Wildman–Crippen MR) is 68.6 cm³/mol. The minimum absolute atomic E-state index is 0.0784. The minimum Gasteiger partial charge on any atom is -0.465 e. The fraction of sp³-hybridized carbons (Fsp3) is 0.500. The Labute approximate surface area is 108 Å². The van der Waals surface area contributed by atoms with Crippen LogP contribution in [0, 0.1) is 0 Å². The normalized spacial score (nSPS) is 10.3. The molecule has 1 N–H and O–H groups in total. The Bertz CT molecular complexity index is 345. The number of hydrogen-bond acceptors (Lipinski definition) is 4. The third kappa shape index (κ3) is 5.29. The number of ether oxygens (including phenoxy) is 2. The van der Waals surface area contributed by atoms with E-state index in [9.17, 15) is 4.79 Å². The summed E-state index contributed by atoms with van der Waals surface area (Å²) in [6, 6.07) is 7.45. The van der Waals surface area contributed by atoms with Gasteiger partial charge in [-0.1, -0.05) is 12.1 Å². The Morgan fingerprint density at radius 1 is 1.17 bits per heavy atom. The van der Waals surface area contributed by atoms with Crippen molar-refractivity contribution in [1.82, 2.24) is 0 Å². The van der Waals surface area contributed by atoms with Gasteiger partial charge in [0.15, 0.2) is 0 Å². The highest BCUT2D eigenvalue weighted by atomic mass is 16.5. The monoisotopic (exact) mass is 252 g/mol. The fourth-order valence-corrected chi connectivity index (χ4v) is 1.63. The number of aryl methyl sites for hydroxylation is 1. The summed E-state index contributed by atoms with van der Waals surface area (Å²) in [6.07, 6.45) is 2.96. The van der Waals surface area contributed by atoms with Gasteiger partial charge in [-0.25, -0.2) is 4.79 Å². The van der Waals surface area contributed by atoms with Crippen LogP contribution in [-0.2, 0) is 15.9 Å². The first-order valence-electron chi connectivity index (χ1n) is 6.13. The molecular weight excluding hydrogens is 232 g/mol. The molecule has 0 saturated carbocycles. The number of benzene rings is 1. The molecular formula is C14H20O4. The van der Waals surface area contributed by atoms with Gasteiger partial charge in [0, 0.05) is 6.61 Å². The van der Waals surface area contributed by atoms with Gasteiger partial charge in [-0.05, 0) is 37.0 Å². The lowest BCUT2D eigenvalue weighted by Gasteiger charge is -2.04. The molecule has 0 unspecified atom stereocenters. The average Bonchev–Trinajstić information content (AvgIpc) is 2.42. The minimum atomic E-state index is -0.307. The van der Waals surface area contributed by atoms with Crippen LogP contribution < -0.4 is 0 Å². The van der Waals surface area contributed by atoms with Crippen LogP contribution in [0.5, 0.6) is 0 Å². The van der Waals surface area contributed by atoms with E-state index >= 15 is 0 Å². The Morgan fingerprint density at radius 2 is 1.89 bits per heavy atom. The second kappa shape index (κ2) is 8.66. The molecule has 1 aromatic carbocycles. The Hall–Kier alpha value is -1.39. The summed E-state index contributed by atoms with van der Waals surface area (Å²) in [5, 5.41) is 8.53. The summed E-state index contributed by atoms with van der Waals surface area (Å²) in [6.45, 7) is 1.17. The van der Waals surface area contributed by atoms with Crippen molar-refractivity contribution >= 4 is 5.97 Å². The quantitative estimate of drug-likeness (QED) is 0.566. The molecule has 0 aliphatic rings. The molecule has 1 rings (SSSR count). The van der Waals surface area contributed by atoms with Crippen molar-refractivity contribution < 1.29 is 19.4 Å². The first-order valence-corrected chi connectivity index (χ1v) is 6.13. The van der Waals surface area contributed by atoms with Crippen molar-refractivity contribution in [3.05, 3.63) is 35.4 Å². The molecule has 18 heavy (non-hydrogen) atoms. The summed E-state index contributed by atoms with van der Waals surface area (Å²) in [5.74, 6) is -0.307. The molecule has 0 aliphatic carbocycles. The molecule has 4 nitrogen and oxygen atoms in total. The van der Waals surface area contributed by atoms with Crippen LogP contribution in [0.1, 0.15) is 28.8 Å². The van der Waals surface area contributed by atoms with E-state index in [4.69, 9.17) is 9.84 Å². The third-order valence-electron chi connectivity index (χ3n) is 2.61. The molecule has 4 heteroatoms. The van der Waals surface area contributed by atoms with Crippen LogP contribution in [0.3, 0.4) is 0 Å². The SMILES string of the molecule is COC(=O)c1ccc(CCCCOCCO)cc1. The second-order valence-electron chi connectivity index (χ2n) is 3.98. The largest absolute Gasteiger partial charge is 0.465 e. The van der Waals surface area contributed by atoms with Crippen LogP contribution in [0.4, 0.5) is 0 Å². The zero-order valence-electron chi connectivity index (χ0n) is 10.7. The van der Waals surface area contributed by atoms with Crippen molar-refractivity contribution in [3.8, 4) is 0 Å². The van der Waals surface area contributed by atoms with Crippen molar-refractivity contribution in [2.75, 3.05) is 26.9 Å². The molecule has 0 radical (unpaired) electrons. The molecule has 0 aliphatic heterocycles. The summed E-state index contributed by atoms with van der Waals surface area (Å²) >= 11 is 0. The number of carbonyl (C=O) groups excluding carboxylic acids is 1. The molecule has 100 valence electrons. The van der Waals surface area contributed by atoms with Gasteiger partial charge < -0.3 is 14.6 Å². The van der Waals surface area contributed by atoms with Crippen molar-refractivity contribution in [1.29, 1.82) is 0 Å². The lowest BCUT2D eigenvalue weighted by molar-refractivity contribution is 0.0600. The fourth-order valence-electron chi connectivity index (χ4n) is 1.63. The molecule has 0 bridgehead atoms. The van der Waals surface area contributed by atoms with Crippen LogP contribution in [0.2, 0.25) is 0 Å². The maximum atomic E-state index is 11.2. The van der Waals surface area contributed by atoms with E-state index in [1.807, 2.05) is 12.1 Å². The van der Waals surface area contributed by atoms with Gasteiger partial charge in [-0.3, -0.25) is 0 Å². The maximum Gasteiger partial charge on any atom is 0.337 e. The molecule has 0 saturated heterocycles. The van der Waals surface area contributed by atoms with Gasteiger partial charge in [0.05, 0.1) is 25.9 Å². The van der Waals surface area contributed by atoms with Gasteiger partial charge in [0.25, 0.3) is 0 Å². The molecule has 0 heterocycles. The van der Waals surface area contributed by atoms with Crippen molar-refractivity contribution in [2.45, 2.75) is 19.3 Å². The van der Waals surface area contributed by atoms with Gasteiger partial charge in [0.1, 0.15) is 0 Å². The number of rotatable bonds is 8. The molecule has 0 aromatic heterocycles. The zero-order chi connectivity index (χ0) is 13.2. The van der Waals surface area contributed by atoms with Gasteiger partial charge in [-0.2, -0.15) is 0 Å². The number of aliphatic hydroxyl groups is 1. The number of aliphatic hydroxyl groups excluding tert-OH is 1. The standard InChI is InChI=1S/C14H20O4/c1-17-14(16)13-7-5-12(6-8-13)4-2-3-10-18-11-9-15/h5-8,15H,2-4,9-11H2,1H3. The van der Waals surface area contributed by atoms with E-state index in [0.717, 1.165) is 19.3 Å². The lowest BCUT2D eigenvalue weighted by atomic mass is 10.1. The summed E-state index contributed by atoms with van der Waals surface area (Å²) in [5.41, 5.74) is 1.78. The lowest BCUT2D eigenvalue weighted by Crippen LogP contribution is -2.02.